The molecule has 0 atom stereocenters. The molecule has 1 aliphatic heterocycles. The number of fused-ring (bicyclic) bond motifs is 1. The third-order valence-electron chi connectivity index (χ3n) is 4.41. The highest BCUT2D eigenvalue weighted by Gasteiger charge is 2.30. The monoisotopic (exact) mass is 337 g/mol. The van der Waals surface area contributed by atoms with E-state index in [-0.39, 0.29) is 11.3 Å². The average molecular weight is 337 g/mol. The molecule has 8 heteroatoms. The van der Waals surface area contributed by atoms with Crippen LogP contribution in [0.5, 0.6) is 0 Å². The van der Waals surface area contributed by atoms with E-state index < -0.39 is 0 Å². The Morgan fingerprint density at radius 3 is 2.84 bits per heavy atom. The van der Waals surface area contributed by atoms with Crippen LogP contribution in [0.15, 0.2) is 36.9 Å². The lowest BCUT2D eigenvalue weighted by atomic mass is 9.93. The number of hydrogen-bond donors (Lipinski definition) is 1. The van der Waals surface area contributed by atoms with Crippen LogP contribution in [0, 0.1) is 5.41 Å². The van der Waals surface area contributed by atoms with Crippen LogP contribution in [0.25, 0.3) is 5.65 Å². The predicted molar refractivity (Wildman–Crippen MR) is 93.6 cm³/mol. The Kier molecular flexibility index (Phi) is 3.60. The van der Waals surface area contributed by atoms with E-state index in [1.165, 1.54) is 12.5 Å². The van der Waals surface area contributed by atoms with E-state index in [0.29, 0.717) is 17.2 Å². The molecule has 0 radical (unpaired) electrons. The molecule has 25 heavy (non-hydrogen) atoms. The van der Waals surface area contributed by atoms with Crippen LogP contribution in [0.3, 0.4) is 0 Å². The van der Waals surface area contributed by atoms with E-state index in [9.17, 15) is 4.79 Å². The molecule has 0 aliphatic carbocycles. The highest BCUT2D eigenvalue weighted by molar-refractivity contribution is 6.02. The molecule has 1 aliphatic rings. The third-order valence-corrected chi connectivity index (χ3v) is 4.41. The molecule has 1 N–H and O–H groups in total. The van der Waals surface area contributed by atoms with Gasteiger partial charge in [0, 0.05) is 19.3 Å². The topological polar surface area (TPSA) is 88.3 Å². The minimum absolute atomic E-state index is 0.277. The van der Waals surface area contributed by atoms with Crippen LogP contribution in [-0.4, -0.2) is 43.6 Å². The van der Waals surface area contributed by atoms with E-state index in [4.69, 9.17) is 0 Å². The van der Waals surface area contributed by atoms with Gasteiger partial charge < -0.3 is 10.2 Å². The molecule has 1 amide bonds. The van der Waals surface area contributed by atoms with Gasteiger partial charge in [0.25, 0.3) is 5.91 Å². The molecule has 128 valence electrons. The van der Waals surface area contributed by atoms with Gasteiger partial charge in [-0.2, -0.15) is 0 Å². The van der Waals surface area contributed by atoms with Gasteiger partial charge in [-0.15, -0.1) is 5.10 Å². The summed E-state index contributed by atoms with van der Waals surface area (Å²) >= 11 is 0. The maximum absolute atomic E-state index is 12.5. The van der Waals surface area contributed by atoms with E-state index in [1.807, 2.05) is 12.1 Å². The van der Waals surface area contributed by atoms with E-state index in [1.54, 1.807) is 16.8 Å². The molecule has 8 nitrogen and oxygen atoms in total. The van der Waals surface area contributed by atoms with Crippen molar-refractivity contribution >= 4 is 23.2 Å². The highest BCUT2D eigenvalue weighted by atomic mass is 16.2. The number of nitrogens with zero attached hydrogens (tertiary/aromatic N) is 6. The lowest BCUT2D eigenvalue weighted by molar-refractivity contribution is 0.102. The Bertz CT molecular complexity index is 919. The van der Waals surface area contributed by atoms with Gasteiger partial charge in [-0.3, -0.25) is 4.79 Å². The molecule has 0 aromatic carbocycles. The summed E-state index contributed by atoms with van der Waals surface area (Å²) < 4.78 is 1.58. The van der Waals surface area contributed by atoms with Gasteiger partial charge in [0.05, 0.1) is 6.20 Å². The molecule has 3 aromatic heterocycles. The first kappa shape index (κ1) is 15.5. The van der Waals surface area contributed by atoms with Crippen molar-refractivity contribution in [3.8, 4) is 0 Å². The molecule has 4 heterocycles. The first-order chi connectivity index (χ1) is 12.0. The van der Waals surface area contributed by atoms with Crippen LogP contribution in [-0.2, 0) is 0 Å². The predicted octanol–water partition coefficient (Wildman–Crippen LogP) is 2.01. The van der Waals surface area contributed by atoms with Crippen molar-refractivity contribution in [3.63, 3.8) is 0 Å². The van der Waals surface area contributed by atoms with Gasteiger partial charge in [0.15, 0.2) is 11.3 Å². The first-order valence-corrected chi connectivity index (χ1v) is 8.19. The van der Waals surface area contributed by atoms with Crippen molar-refractivity contribution in [2.75, 3.05) is 23.3 Å². The number of imidazole rings is 1. The minimum atomic E-state index is -0.308. The number of carbonyl (C=O) groups is 1. The Morgan fingerprint density at radius 1 is 1.24 bits per heavy atom. The van der Waals surface area contributed by atoms with Crippen molar-refractivity contribution in [1.29, 1.82) is 0 Å². The molecule has 3 aromatic rings. The summed E-state index contributed by atoms with van der Waals surface area (Å²) in [6.07, 6.45) is 5.60. The zero-order chi connectivity index (χ0) is 17.4. The zero-order valence-corrected chi connectivity index (χ0v) is 14.2. The van der Waals surface area contributed by atoms with Gasteiger partial charge >= 0.3 is 0 Å². The summed E-state index contributed by atoms with van der Waals surface area (Å²) in [4.78, 5) is 26.9. The van der Waals surface area contributed by atoms with Crippen molar-refractivity contribution in [1.82, 2.24) is 24.6 Å². The van der Waals surface area contributed by atoms with Crippen molar-refractivity contribution in [3.05, 3.63) is 42.6 Å². The highest BCUT2D eigenvalue weighted by Crippen LogP contribution is 2.31. The smallest absolute Gasteiger partial charge is 0.277 e. The molecule has 0 spiro atoms. The molecule has 0 unspecified atom stereocenters. The normalized spacial score (nSPS) is 16.3. The summed E-state index contributed by atoms with van der Waals surface area (Å²) in [6, 6.07) is 5.47. The van der Waals surface area contributed by atoms with Crippen LogP contribution < -0.4 is 10.2 Å². The SMILES string of the molecule is CC1(C)CCN(c2ccc3ncc(C(=O)Nc4ccncn4)n3n2)C1. The lowest BCUT2D eigenvalue weighted by Gasteiger charge is -2.20. The van der Waals surface area contributed by atoms with Crippen LogP contribution in [0.4, 0.5) is 11.6 Å². The number of amides is 1. The van der Waals surface area contributed by atoms with Gasteiger partial charge in [0.1, 0.15) is 18.0 Å². The fraction of sp³-hybridized carbons (Fsp3) is 0.353. The van der Waals surface area contributed by atoms with Gasteiger partial charge in [0.2, 0.25) is 0 Å². The maximum atomic E-state index is 12.5. The number of anilines is 2. The summed E-state index contributed by atoms with van der Waals surface area (Å²) in [5.74, 6) is 0.983. The van der Waals surface area contributed by atoms with Crippen LogP contribution in [0.1, 0.15) is 30.8 Å². The second-order valence-corrected chi connectivity index (χ2v) is 6.99. The zero-order valence-electron chi connectivity index (χ0n) is 14.2. The molecule has 0 bridgehead atoms. The number of hydrogen-bond acceptors (Lipinski definition) is 6. The molecular weight excluding hydrogens is 318 g/mol. The van der Waals surface area contributed by atoms with Gasteiger partial charge in [-0.25, -0.2) is 19.5 Å². The Morgan fingerprint density at radius 2 is 2.12 bits per heavy atom. The van der Waals surface area contributed by atoms with Crippen molar-refractivity contribution in [2.24, 2.45) is 5.41 Å². The second kappa shape index (κ2) is 5.80. The number of rotatable bonds is 3. The number of nitrogens with one attached hydrogen (secondary N) is 1. The Hall–Kier alpha value is -3.03. The Labute approximate surface area is 144 Å². The lowest BCUT2D eigenvalue weighted by Crippen LogP contribution is -2.24. The number of carbonyl (C=O) groups excluding carboxylic acids is 1. The van der Waals surface area contributed by atoms with E-state index in [2.05, 4.69) is 44.1 Å². The van der Waals surface area contributed by atoms with Gasteiger partial charge in [-0.05, 0) is 30.0 Å². The van der Waals surface area contributed by atoms with Crippen LogP contribution in [0.2, 0.25) is 0 Å². The molecule has 4 rings (SSSR count). The van der Waals surface area contributed by atoms with E-state index in [0.717, 1.165) is 25.3 Å². The Balaban J connectivity index is 1.64. The van der Waals surface area contributed by atoms with Crippen LogP contribution >= 0.6 is 0 Å². The maximum Gasteiger partial charge on any atom is 0.277 e. The molecular formula is C17H19N7O. The average Bonchev–Trinajstić information content (AvgIpc) is 3.18. The third kappa shape index (κ3) is 3.02. The fourth-order valence-electron chi connectivity index (χ4n) is 3.04. The summed E-state index contributed by atoms with van der Waals surface area (Å²) in [5.41, 5.74) is 1.28. The summed E-state index contributed by atoms with van der Waals surface area (Å²) in [6.45, 7) is 6.41. The number of aromatic nitrogens is 5. The summed E-state index contributed by atoms with van der Waals surface area (Å²) in [7, 11) is 0. The fourth-order valence-corrected chi connectivity index (χ4v) is 3.04. The van der Waals surface area contributed by atoms with Gasteiger partial charge in [-0.1, -0.05) is 13.8 Å². The summed E-state index contributed by atoms with van der Waals surface area (Å²) in [5, 5.41) is 7.37. The van der Waals surface area contributed by atoms with Crippen molar-refractivity contribution < 1.29 is 4.79 Å². The molecule has 0 saturated carbocycles. The standard InChI is InChI=1S/C17H19N7O/c1-17(2)6-8-23(10-17)15-4-3-14-19-9-12(24(14)22-15)16(25)21-13-5-7-18-11-20-13/h3-5,7,9,11H,6,8,10H2,1-2H3,(H,18,20,21,25). The first-order valence-electron chi connectivity index (χ1n) is 8.19. The molecule has 1 fully saturated rings. The van der Waals surface area contributed by atoms with Crippen molar-refractivity contribution in [2.45, 2.75) is 20.3 Å². The van der Waals surface area contributed by atoms with E-state index >= 15 is 0 Å². The second-order valence-electron chi connectivity index (χ2n) is 6.99. The largest absolute Gasteiger partial charge is 0.355 e. The quantitative estimate of drug-likeness (QED) is 0.786. The molecule has 1 saturated heterocycles. The minimum Gasteiger partial charge on any atom is -0.355 e.